The van der Waals surface area contributed by atoms with Crippen LogP contribution in [0.1, 0.15) is 38.4 Å². The Labute approximate surface area is 114 Å². The Morgan fingerprint density at radius 2 is 1.53 bits per heavy atom. The summed E-state index contributed by atoms with van der Waals surface area (Å²) in [5, 5.41) is 22.9. The molecule has 0 saturated heterocycles. The van der Waals surface area contributed by atoms with E-state index in [4.69, 9.17) is 0 Å². The van der Waals surface area contributed by atoms with Gasteiger partial charge in [0.05, 0.1) is 6.10 Å². The van der Waals surface area contributed by atoms with Gasteiger partial charge in [-0.2, -0.15) is 0 Å². The summed E-state index contributed by atoms with van der Waals surface area (Å²) in [7, 11) is 0. The van der Waals surface area contributed by atoms with Gasteiger partial charge in [0.2, 0.25) is 0 Å². The molecular formula is C17H22O2. The predicted octanol–water partition coefficient (Wildman–Crippen LogP) is 3.67. The first-order chi connectivity index (χ1) is 9.19. The van der Waals surface area contributed by atoms with Gasteiger partial charge in [-0.25, -0.2) is 0 Å². The highest BCUT2D eigenvalue weighted by atomic mass is 16.3. The fraction of sp³-hybridized carbons (Fsp3) is 0.412. The molecule has 0 spiro atoms. The molecule has 2 heteroatoms. The fourth-order valence-corrected chi connectivity index (χ4v) is 2.72. The lowest BCUT2D eigenvalue weighted by Crippen LogP contribution is -2.27. The normalized spacial score (nSPS) is 14.8. The molecule has 19 heavy (non-hydrogen) atoms. The molecule has 0 aliphatic carbocycles. The van der Waals surface area contributed by atoms with Gasteiger partial charge in [-0.1, -0.05) is 69.2 Å². The molecule has 0 bridgehead atoms. The van der Waals surface area contributed by atoms with E-state index in [1.54, 1.807) is 0 Å². The first kappa shape index (κ1) is 14.0. The zero-order chi connectivity index (χ0) is 13.8. The summed E-state index contributed by atoms with van der Waals surface area (Å²) in [5.74, 6) is 0.133. The van der Waals surface area contributed by atoms with Gasteiger partial charge >= 0.3 is 0 Å². The van der Waals surface area contributed by atoms with Crippen molar-refractivity contribution in [2.45, 2.75) is 38.9 Å². The van der Waals surface area contributed by atoms with Gasteiger partial charge in [0, 0.05) is 0 Å². The number of hydrogen-bond donors (Lipinski definition) is 2. The fourth-order valence-electron chi connectivity index (χ4n) is 2.72. The Morgan fingerprint density at radius 3 is 2.21 bits per heavy atom. The number of fused-ring (bicyclic) bond motifs is 1. The quantitative estimate of drug-likeness (QED) is 0.859. The van der Waals surface area contributed by atoms with E-state index < -0.39 is 12.2 Å². The van der Waals surface area contributed by atoms with Crippen molar-refractivity contribution in [3.63, 3.8) is 0 Å². The van der Waals surface area contributed by atoms with E-state index in [0.29, 0.717) is 0 Å². The average molecular weight is 258 g/mol. The van der Waals surface area contributed by atoms with Gasteiger partial charge < -0.3 is 10.2 Å². The first-order valence-corrected chi connectivity index (χ1v) is 7.02. The Kier molecular flexibility index (Phi) is 4.56. The third kappa shape index (κ3) is 2.80. The summed E-state index contributed by atoms with van der Waals surface area (Å²) in [6.07, 6.45) is 0.218. The maximum Gasteiger partial charge on any atom is 0.106 e. The minimum atomic E-state index is -0.823. The minimum absolute atomic E-state index is 0.133. The lowest BCUT2D eigenvalue weighted by Gasteiger charge is -2.26. The second kappa shape index (κ2) is 6.18. The average Bonchev–Trinajstić information content (AvgIpc) is 2.47. The molecule has 2 aromatic rings. The molecule has 2 nitrogen and oxygen atoms in total. The van der Waals surface area contributed by atoms with Gasteiger partial charge in [-0.05, 0) is 22.3 Å². The van der Waals surface area contributed by atoms with Gasteiger partial charge in [-0.3, -0.25) is 0 Å². The summed E-state index contributed by atoms with van der Waals surface area (Å²) >= 11 is 0. The van der Waals surface area contributed by atoms with Crippen LogP contribution in [0.3, 0.4) is 0 Å². The number of benzene rings is 2. The van der Waals surface area contributed by atoms with E-state index in [2.05, 4.69) is 0 Å². The lowest BCUT2D eigenvalue weighted by atomic mass is 9.88. The second-order valence-electron chi connectivity index (χ2n) is 5.08. The first-order valence-electron chi connectivity index (χ1n) is 7.02. The zero-order valence-electron chi connectivity index (χ0n) is 11.6. The molecule has 0 heterocycles. The maximum absolute atomic E-state index is 10.5. The Morgan fingerprint density at radius 1 is 0.895 bits per heavy atom. The SMILES string of the molecule is CCC(CC)C(O)C(O)c1cccc2ccccc12. The molecule has 0 amide bonds. The van der Waals surface area contributed by atoms with Gasteiger partial charge in [0.15, 0.2) is 0 Å². The van der Waals surface area contributed by atoms with Crippen LogP contribution in [-0.4, -0.2) is 16.3 Å². The van der Waals surface area contributed by atoms with Crippen molar-refractivity contribution in [3.8, 4) is 0 Å². The van der Waals surface area contributed by atoms with Crippen LogP contribution in [0.15, 0.2) is 42.5 Å². The van der Waals surface area contributed by atoms with Crippen LogP contribution in [0.2, 0.25) is 0 Å². The van der Waals surface area contributed by atoms with Gasteiger partial charge in [-0.15, -0.1) is 0 Å². The summed E-state index contributed by atoms with van der Waals surface area (Å²) in [6, 6.07) is 13.8. The summed E-state index contributed by atoms with van der Waals surface area (Å²) < 4.78 is 0. The number of aliphatic hydroxyl groups excluding tert-OH is 2. The van der Waals surface area contributed by atoms with Crippen molar-refractivity contribution in [2.24, 2.45) is 5.92 Å². The van der Waals surface area contributed by atoms with Crippen LogP contribution in [0.4, 0.5) is 0 Å². The summed E-state index contributed by atoms with van der Waals surface area (Å²) in [4.78, 5) is 0. The van der Waals surface area contributed by atoms with Crippen molar-refractivity contribution < 1.29 is 10.2 Å². The largest absolute Gasteiger partial charge is 0.390 e. The van der Waals surface area contributed by atoms with E-state index in [9.17, 15) is 10.2 Å². The lowest BCUT2D eigenvalue weighted by molar-refractivity contribution is -0.0202. The molecule has 0 radical (unpaired) electrons. The van der Waals surface area contributed by atoms with E-state index >= 15 is 0 Å². The van der Waals surface area contributed by atoms with Crippen molar-refractivity contribution in [2.75, 3.05) is 0 Å². The van der Waals surface area contributed by atoms with Crippen molar-refractivity contribution in [1.82, 2.24) is 0 Å². The molecule has 0 aliphatic heterocycles. The third-order valence-electron chi connectivity index (χ3n) is 4.00. The number of hydrogen-bond acceptors (Lipinski definition) is 2. The van der Waals surface area contributed by atoms with E-state index in [-0.39, 0.29) is 5.92 Å². The van der Waals surface area contributed by atoms with Crippen LogP contribution in [0, 0.1) is 5.92 Å². The van der Waals surface area contributed by atoms with E-state index in [1.165, 1.54) is 0 Å². The smallest absolute Gasteiger partial charge is 0.106 e. The topological polar surface area (TPSA) is 40.5 Å². The Bertz CT molecular complexity index is 526. The van der Waals surface area contributed by atoms with Crippen LogP contribution in [0.25, 0.3) is 10.8 Å². The monoisotopic (exact) mass is 258 g/mol. The number of rotatable bonds is 5. The molecule has 102 valence electrons. The van der Waals surface area contributed by atoms with Crippen LogP contribution in [0.5, 0.6) is 0 Å². The molecular weight excluding hydrogens is 236 g/mol. The predicted molar refractivity (Wildman–Crippen MR) is 79.0 cm³/mol. The summed E-state index contributed by atoms with van der Waals surface area (Å²) in [6.45, 7) is 4.10. The van der Waals surface area contributed by atoms with E-state index in [0.717, 1.165) is 29.2 Å². The van der Waals surface area contributed by atoms with Crippen LogP contribution in [-0.2, 0) is 0 Å². The Hall–Kier alpha value is -1.38. The van der Waals surface area contributed by atoms with Gasteiger partial charge in [0.1, 0.15) is 6.10 Å². The molecule has 0 saturated carbocycles. The van der Waals surface area contributed by atoms with E-state index in [1.807, 2.05) is 56.3 Å². The third-order valence-corrected chi connectivity index (χ3v) is 4.00. The molecule has 0 fully saturated rings. The van der Waals surface area contributed by atoms with Crippen molar-refractivity contribution in [3.05, 3.63) is 48.0 Å². The highest BCUT2D eigenvalue weighted by Gasteiger charge is 2.26. The second-order valence-corrected chi connectivity index (χ2v) is 5.08. The molecule has 2 aromatic carbocycles. The minimum Gasteiger partial charge on any atom is -0.390 e. The van der Waals surface area contributed by atoms with Crippen molar-refractivity contribution >= 4 is 10.8 Å². The molecule has 2 rings (SSSR count). The number of aliphatic hydroxyl groups is 2. The highest BCUT2D eigenvalue weighted by molar-refractivity contribution is 5.86. The van der Waals surface area contributed by atoms with Crippen LogP contribution >= 0.6 is 0 Å². The highest BCUT2D eigenvalue weighted by Crippen LogP contribution is 2.30. The van der Waals surface area contributed by atoms with Gasteiger partial charge in [0.25, 0.3) is 0 Å². The molecule has 2 atom stereocenters. The van der Waals surface area contributed by atoms with Crippen molar-refractivity contribution in [1.29, 1.82) is 0 Å². The van der Waals surface area contributed by atoms with Crippen LogP contribution < -0.4 is 0 Å². The standard InChI is InChI=1S/C17H22O2/c1-3-12(4-2)16(18)17(19)15-11-7-9-13-8-5-6-10-14(13)15/h5-12,16-19H,3-4H2,1-2H3. The maximum atomic E-state index is 10.5. The molecule has 2 unspecified atom stereocenters. The Balaban J connectivity index is 2.38. The molecule has 0 aliphatic rings. The molecule has 2 N–H and O–H groups in total. The zero-order valence-corrected chi connectivity index (χ0v) is 11.6. The molecule has 0 aromatic heterocycles. The summed E-state index contributed by atoms with van der Waals surface area (Å²) in [5.41, 5.74) is 0.817.